The second-order valence-electron chi connectivity index (χ2n) is 2.45. The molecule has 0 bridgehead atoms. The number of amides is 1. The first kappa shape index (κ1) is 11.2. The molecule has 0 atom stereocenters. The first-order valence-electron chi connectivity index (χ1n) is 3.74. The van der Waals surface area contributed by atoms with Gasteiger partial charge in [-0.25, -0.2) is 4.79 Å². The molecule has 1 aromatic rings. The fourth-order valence-electron chi connectivity index (χ4n) is 0.666. The van der Waals surface area contributed by atoms with Gasteiger partial charge in [-0.3, -0.25) is 5.32 Å². The van der Waals surface area contributed by atoms with Crippen LogP contribution < -0.4 is 5.32 Å². The summed E-state index contributed by atoms with van der Waals surface area (Å²) in [7, 11) is 0. The number of rotatable bonds is 2. The van der Waals surface area contributed by atoms with Crippen molar-refractivity contribution < 1.29 is 22.7 Å². The molecule has 0 radical (unpaired) electrons. The van der Waals surface area contributed by atoms with E-state index in [1.165, 1.54) is 18.5 Å². The Hall–Kier alpha value is -1.86. The molecule has 1 amide bonds. The molecule has 0 saturated heterocycles. The van der Waals surface area contributed by atoms with Crippen LogP contribution in [-0.2, 0) is 4.74 Å². The number of hydrogen-bond donors (Lipinski definition) is 1. The van der Waals surface area contributed by atoms with Crippen LogP contribution in [0.3, 0.4) is 0 Å². The zero-order valence-corrected chi connectivity index (χ0v) is 7.28. The molecule has 5 nitrogen and oxygen atoms in total. The van der Waals surface area contributed by atoms with Gasteiger partial charge < -0.3 is 4.74 Å². The van der Waals surface area contributed by atoms with Crippen LogP contribution in [0.1, 0.15) is 0 Å². The molecule has 0 aromatic carbocycles. The summed E-state index contributed by atoms with van der Waals surface area (Å²) in [5.74, 6) is 0. The van der Waals surface area contributed by atoms with E-state index in [1.54, 1.807) is 0 Å². The number of nitrogens with one attached hydrogen (secondary N) is 1. The van der Waals surface area contributed by atoms with E-state index in [9.17, 15) is 18.0 Å². The minimum absolute atomic E-state index is 0.206. The van der Waals surface area contributed by atoms with Crippen LogP contribution in [0.4, 0.5) is 23.7 Å². The normalized spacial score (nSPS) is 10.9. The Labute approximate surface area is 82.3 Å². The highest BCUT2D eigenvalue weighted by Crippen LogP contribution is 2.14. The van der Waals surface area contributed by atoms with Crippen molar-refractivity contribution >= 4 is 11.8 Å². The Kier molecular flexibility index (Phi) is 3.42. The standard InChI is InChI=1S/C7H6F3N3O2/c8-7(9,10)4-15-6(14)13-5-1-2-11-12-3-5/h1-3H,4H2,(H,11,13,14). The highest BCUT2D eigenvalue weighted by Gasteiger charge is 2.29. The molecule has 8 heteroatoms. The number of halogens is 3. The Bertz CT molecular complexity index is 328. The van der Waals surface area contributed by atoms with Gasteiger partial charge in [0.2, 0.25) is 0 Å². The van der Waals surface area contributed by atoms with Gasteiger partial charge in [0.05, 0.1) is 18.1 Å². The van der Waals surface area contributed by atoms with Crippen LogP contribution in [0.15, 0.2) is 18.5 Å². The molecule has 0 aliphatic rings. The predicted molar refractivity (Wildman–Crippen MR) is 43.1 cm³/mol. The summed E-state index contributed by atoms with van der Waals surface area (Å²) in [4.78, 5) is 10.8. The second kappa shape index (κ2) is 4.58. The summed E-state index contributed by atoms with van der Waals surface area (Å²) in [5.41, 5.74) is 0.206. The van der Waals surface area contributed by atoms with E-state index in [0.29, 0.717) is 0 Å². The maximum Gasteiger partial charge on any atom is 0.422 e. The maximum absolute atomic E-state index is 11.6. The Morgan fingerprint density at radius 1 is 1.47 bits per heavy atom. The molecular formula is C7H6F3N3O2. The van der Waals surface area contributed by atoms with Crippen LogP contribution in [0, 0.1) is 0 Å². The van der Waals surface area contributed by atoms with Gasteiger partial charge in [-0.15, -0.1) is 0 Å². The summed E-state index contributed by atoms with van der Waals surface area (Å²) in [6.45, 7) is -1.63. The number of alkyl halides is 3. The summed E-state index contributed by atoms with van der Waals surface area (Å²) in [6.07, 6.45) is -3.28. The monoisotopic (exact) mass is 221 g/mol. The molecule has 0 aliphatic heterocycles. The van der Waals surface area contributed by atoms with Crippen LogP contribution in [-0.4, -0.2) is 29.1 Å². The first-order valence-corrected chi connectivity index (χ1v) is 3.74. The summed E-state index contributed by atoms with van der Waals surface area (Å²) >= 11 is 0. The van der Waals surface area contributed by atoms with Crippen LogP contribution >= 0.6 is 0 Å². The molecule has 0 saturated carbocycles. The lowest BCUT2D eigenvalue weighted by atomic mass is 10.5. The SMILES string of the molecule is O=C(Nc1ccnnc1)OCC(F)(F)F. The van der Waals surface area contributed by atoms with Crippen molar-refractivity contribution in [1.29, 1.82) is 0 Å². The number of nitrogens with zero attached hydrogens (tertiary/aromatic N) is 2. The smallest absolute Gasteiger partial charge is 0.422 e. The zero-order chi connectivity index (χ0) is 11.3. The third-order valence-corrected chi connectivity index (χ3v) is 1.20. The summed E-state index contributed by atoms with van der Waals surface area (Å²) in [5, 5.41) is 8.87. The molecule has 15 heavy (non-hydrogen) atoms. The third kappa shape index (κ3) is 4.79. The van der Waals surface area contributed by atoms with E-state index >= 15 is 0 Å². The summed E-state index contributed by atoms with van der Waals surface area (Å²) in [6, 6.07) is 1.36. The van der Waals surface area contributed by atoms with E-state index in [2.05, 4.69) is 20.3 Å². The van der Waals surface area contributed by atoms with Crippen molar-refractivity contribution in [2.45, 2.75) is 6.18 Å². The number of carbonyl (C=O) groups is 1. The molecule has 0 fully saturated rings. The topological polar surface area (TPSA) is 64.1 Å². The Balaban J connectivity index is 2.38. The molecule has 1 rings (SSSR count). The Morgan fingerprint density at radius 2 is 2.20 bits per heavy atom. The lowest BCUT2D eigenvalue weighted by molar-refractivity contribution is -0.159. The molecule has 1 heterocycles. The number of hydrogen-bond acceptors (Lipinski definition) is 4. The van der Waals surface area contributed by atoms with Gasteiger partial charge in [-0.1, -0.05) is 0 Å². The number of ether oxygens (including phenoxy) is 1. The van der Waals surface area contributed by atoms with Gasteiger partial charge in [0, 0.05) is 0 Å². The summed E-state index contributed by atoms with van der Waals surface area (Å²) < 4.78 is 38.8. The fraction of sp³-hybridized carbons (Fsp3) is 0.286. The van der Waals surface area contributed by atoms with Crippen molar-refractivity contribution in [3.63, 3.8) is 0 Å². The van der Waals surface area contributed by atoms with E-state index < -0.39 is 18.9 Å². The lowest BCUT2D eigenvalue weighted by Crippen LogP contribution is -2.23. The van der Waals surface area contributed by atoms with Gasteiger partial charge in [0.1, 0.15) is 0 Å². The molecule has 0 unspecified atom stereocenters. The minimum Gasteiger partial charge on any atom is -0.440 e. The van der Waals surface area contributed by atoms with Gasteiger partial charge in [0.15, 0.2) is 6.61 Å². The minimum atomic E-state index is -4.53. The predicted octanol–water partition coefficient (Wildman–Crippen LogP) is 1.59. The van der Waals surface area contributed by atoms with E-state index in [0.717, 1.165) is 0 Å². The number of aromatic nitrogens is 2. The van der Waals surface area contributed by atoms with Crippen molar-refractivity contribution in [2.75, 3.05) is 11.9 Å². The molecule has 0 aliphatic carbocycles. The van der Waals surface area contributed by atoms with E-state index in [1.807, 2.05) is 0 Å². The van der Waals surface area contributed by atoms with Crippen molar-refractivity contribution in [1.82, 2.24) is 10.2 Å². The molecule has 0 spiro atoms. The second-order valence-corrected chi connectivity index (χ2v) is 2.45. The highest BCUT2D eigenvalue weighted by atomic mass is 19.4. The van der Waals surface area contributed by atoms with Gasteiger partial charge in [-0.05, 0) is 6.07 Å². The highest BCUT2D eigenvalue weighted by molar-refractivity contribution is 5.84. The Morgan fingerprint density at radius 3 is 2.73 bits per heavy atom. The van der Waals surface area contributed by atoms with Crippen molar-refractivity contribution in [3.05, 3.63) is 18.5 Å². The zero-order valence-electron chi connectivity index (χ0n) is 7.28. The average molecular weight is 221 g/mol. The lowest BCUT2D eigenvalue weighted by Gasteiger charge is -2.08. The fourth-order valence-corrected chi connectivity index (χ4v) is 0.666. The number of anilines is 1. The van der Waals surface area contributed by atoms with Gasteiger partial charge in [0.25, 0.3) is 0 Å². The molecule has 82 valence electrons. The van der Waals surface area contributed by atoms with Crippen LogP contribution in [0.2, 0.25) is 0 Å². The van der Waals surface area contributed by atoms with Crippen molar-refractivity contribution in [3.8, 4) is 0 Å². The average Bonchev–Trinajstić information content (AvgIpc) is 2.15. The number of carbonyl (C=O) groups excluding carboxylic acids is 1. The molecular weight excluding hydrogens is 215 g/mol. The largest absolute Gasteiger partial charge is 0.440 e. The first-order chi connectivity index (χ1) is 6.97. The van der Waals surface area contributed by atoms with E-state index in [4.69, 9.17) is 0 Å². The third-order valence-electron chi connectivity index (χ3n) is 1.20. The quantitative estimate of drug-likeness (QED) is 0.823. The van der Waals surface area contributed by atoms with Crippen LogP contribution in [0.5, 0.6) is 0 Å². The van der Waals surface area contributed by atoms with Crippen molar-refractivity contribution in [2.24, 2.45) is 0 Å². The maximum atomic E-state index is 11.6. The molecule has 1 aromatic heterocycles. The van der Waals surface area contributed by atoms with Gasteiger partial charge in [-0.2, -0.15) is 23.4 Å². The van der Waals surface area contributed by atoms with E-state index in [-0.39, 0.29) is 5.69 Å². The van der Waals surface area contributed by atoms with Crippen LogP contribution in [0.25, 0.3) is 0 Å². The molecule has 1 N–H and O–H groups in total. The van der Waals surface area contributed by atoms with Gasteiger partial charge >= 0.3 is 12.3 Å².